The zero-order valence-corrected chi connectivity index (χ0v) is 10.3. The number of nitrogens with zero attached hydrogens (tertiary/aromatic N) is 4. The SMILES string of the molecule is O=C(O)c1ccc2nc(Sc3nnn[nH]3)sc2c1. The first-order valence-corrected chi connectivity index (χ1v) is 6.41. The lowest BCUT2D eigenvalue weighted by Gasteiger charge is -1.91. The molecule has 0 aliphatic heterocycles. The van der Waals surface area contributed by atoms with Gasteiger partial charge in [-0.1, -0.05) is 0 Å². The van der Waals surface area contributed by atoms with Crippen LogP contribution in [0, 0.1) is 0 Å². The van der Waals surface area contributed by atoms with Crippen molar-refractivity contribution < 1.29 is 9.90 Å². The fraction of sp³-hybridized carbons (Fsp3) is 0. The molecule has 7 nitrogen and oxygen atoms in total. The third-order valence-electron chi connectivity index (χ3n) is 2.13. The number of carboxylic acid groups (broad SMARTS) is 1. The maximum atomic E-state index is 10.9. The van der Waals surface area contributed by atoms with Crippen LogP contribution in [0.5, 0.6) is 0 Å². The van der Waals surface area contributed by atoms with Gasteiger partial charge in [0.1, 0.15) is 0 Å². The van der Waals surface area contributed by atoms with Gasteiger partial charge >= 0.3 is 5.97 Å². The molecule has 0 saturated carbocycles. The predicted molar refractivity (Wildman–Crippen MR) is 64.9 cm³/mol. The van der Waals surface area contributed by atoms with E-state index in [4.69, 9.17) is 5.11 Å². The fourth-order valence-corrected chi connectivity index (χ4v) is 3.24. The molecule has 2 N–H and O–H groups in total. The van der Waals surface area contributed by atoms with Gasteiger partial charge in [0.25, 0.3) is 0 Å². The number of fused-ring (bicyclic) bond motifs is 1. The molecular weight excluding hydrogens is 274 g/mol. The molecule has 0 unspecified atom stereocenters. The summed E-state index contributed by atoms with van der Waals surface area (Å²) in [6, 6.07) is 4.84. The van der Waals surface area contributed by atoms with Crippen LogP contribution in [0.3, 0.4) is 0 Å². The van der Waals surface area contributed by atoms with Crippen molar-refractivity contribution in [2.45, 2.75) is 9.50 Å². The molecule has 9 heteroatoms. The lowest BCUT2D eigenvalue weighted by atomic mass is 10.2. The van der Waals surface area contributed by atoms with Crippen LogP contribution >= 0.6 is 23.1 Å². The predicted octanol–water partition coefficient (Wildman–Crippen LogP) is 1.66. The van der Waals surface area contributed by atoms with Gasteiger partial charge in [0.15, 0.2) is 4.34 Å². The van der Waals surface area contributed by atoms with E-state index in [9.17, 15) is 4.79 Å². The number of hydrogen-bond donors (Lipinski definition) is 2. The van der Waals surface area contributed by atoms with E-state index >= 15 is 0 Å². The van der Waals surface area contributed by atoms with Crippen LogP contribution in [0.4, 0.5) is 0 Å². The lowest BCUT2D eigenvalue weighted by molar-refractivity contribution is 0.0697. The molecule has 0 bridgehead atoms. The summed E-state index contributed by atoms with van der Waals surface area (Å²) in [6.45, 7) is 0. The fourth-order valence-electron chi connectivity index (χ4n) is 1.36. The van der Waals surface area contributed by atoms with Crippen molar-refractivity contribution >= 4 is 39.3 Å². The van der Waals surface area contributed by atoms with Gasteiger partial charge in [-0.2, -0.15) is 0 Å². The average Bonchev–Trinajstić information content (AvgIpc) is 2.96. The van der Waals surface area contributed by atoms with E-state index in [0.717, 1.165) is 14.6 Å². The summed E-state index contributed by atoms with van der Waals surface area (Å²) in [5, 5.41) is 22.8. The normalized spacial score (nSPS) is 10.9. The summed E-state index contributed by atoms with van der Waals surface area (Å²) < 4.78 is 1.58. The second kappa shape index (κ2) is 4.35. The van der Waals surface area contributed by atoms with Crippen LogP contribution in [0.2, 0.25) is 0 Å². The minimum atomic E-state index is -0.945. The number of aromatic amines is 1. The highest BCUT2D eigenvalue weighted by Crippen LogP contribution is 2.32. The standard InChI is InChI=1S/C9H5N5O2S2/c15-7(16)4-1-2-5-6(3-4)17-9(10-5)18-8-11-13-14-12-8/h1-3H,(H,15,16)(H,11,12,13,14). The third-order valence-corrected chi connectivity index (χ3v) is 4.07. The Hall–Kier alpha value is -2.00. The van der Waals surface area contributed by atoms with Crippen LogP contribution in [0.25, 0.3) is 10.2 Å². The van der Waals surface area contributed by atoms with E-state index in [1.54, 1.807) is 12.1 Å². The summed E-state index contributed by atoms with van der Waals surface area (Å²) in [7, 11) is 0. The van der Waals surface area contributed by atoms with Crippen LogP contribution in [-0.2, 0) is 0 Å². The highest BCUT2D eigenvalue weighted by atomic mass is 32.2. The highest BCUT2D eigenvalue weighted by Gasteiger charge is 2.10. The molecule has 0 saturated heterocycles. The number of aromatic carboxylic acids is 1. The Morgan fingerprint density at radius 3 is 3.06 bits per heavy atom. The van der Waals surface area contributed by atoms with Crippen molar-refractivity contribution in [3.63, 3.8) is 0 Å². The lowest BCUT2D eigenvalue weighted by Crippen LogP contribution is -1.94. The van der Waals surface area contributed by atoms with Gasteiger partial charge in [-0.15, -0.1) is 16.4 Å². The molecule has 3 aromatic rings. The zero-order valence-electron chi connectivity index (χ0n) is 8.69. The van der Waals surface area contributed by atoms with Crippen LogP contribution in [0.15, 0.2) is 27.7 Å². The summed E-state index contributed by atoms with van der Waals surface area (Å²) in [5.41, 5.74) is 1.02. The Kier molecular flexibility index (Phi) is 2.68. The van der Waals surface area contributed by atoms with Gasteiger partial charge in [-0.05, 0) is 40.4 Å². The van der Waals surface area contributed by atoms with Crippen molar-refractivity contribution in [1.29, 1.82) is 0 Å². The van der Waals surface area contributed by atoms with E-state index in [0.29, 0.717) is 5.16 Å². The Labute approximate surface area is 108 Å². The topological polar surface area (TPSA) is 105 Å². The van der Waals surface area contributed by atoms with Gasteiger partial charge in [0.2, 0.25) is 5.16 Å². The molecular formula is C9H5N5O2S2. The van der Waals surface area contributed by atoms with Crippen LogP contribution < -0.4 is 0 Å². The maximum Gasteiger partial charge on any atom is 0.335 e. The summed E-state index contributed by atoms with van der Waals surface area (Å²) in [4.78, 5) is 15.2. The summed E-state index contributed by atoms with van der Waals surface area (Å²) >= 11 is 2.70. The minimum absolute atomic E-state index is 0.254. The number of thiazole rings is 1. The van der Waals surface area contributed by atoms with Gasteiger partial charge < -0.3 is 5.11 Å². The Morgan fingerprint density at radius 2 is 2.33 bits per heavy atom. The molecule has 0 atom stereocenters. The third kappa shape index (κ3) is 2.05. The molecule has 0 radical (unpaired) electrons. The molecule has 90 valence electrons. The van der Waals surface area contributed by atoms with E-state index < -0.39 is 5.97 Å². The first kappa shape index (κ1) is 11.1. The number of hydrogen-bond acceptors (Lipinski definition) is 7. The largest absolute Gasteiger partial charge is 0.478 e. The zero-order chi connectivity index (χ0) is 12.5. The van der Waals surface area contributed by atoms with Crippen molar-refractivity contribution in [2.75, 3.05) is 0 Å². The highest BCUT2D eigenvalue weighted by molar-refractivity contribution is 8.01. The smallest absolute Gasteiger partial charge is 0.335 e. The summed E-state index contributed by atoms with van der Waals surface area (Å²) in [5.74, 6) is -0.945. The van der Waals surface area contributed by atoms with Crippen molar-refractivity contribution in [3.8, 4) is 0 Å². The number of H-pyrrole nitrogens is 1. The minimum Gasteiger partial charge on any atom is -0.478 e. The second-order valence-corrected chi connectivity index (χ2v) is 5.54. The number of nitrogens with one attached hydrogen (secondary N) is 1. The van der Waals surface area contributed by atoms with E-state index in [2.05, 4.69) is 25.6 Å². The molecule has 18 heavy (non-hydrogen) atoms. The Morgan fingerprint density at radius 1 is 1.44 bits per heavy atom. The van der Waals surface area contributed by atoms with E-state index in [1.165, 1.54) is 29.2 Å². The Balaban J connectivity index is 1.98. The van der Waals surface area contributed by atoms with E-state index in [-0.39, 0.29) is 5.56 Å². The van der Waals surface area contributed by atoms with Gasteiger partial charge in [-0.25, -0.2) is 14.9 Å². The van der Waals surface area contributed by atoms with Gasteiger partial charge in [0, 0.05) is 0 Å². The molecule has 1 aromatic carbocycles. The van der Waals surface area contributed by atoms with Crippen LogP contribution in [0.1, 0.15) is 10.4 Å². The van der Waals surface area contributed by atoms with Gasteiger partial charge in [-0.3, -0.25) is 0 Å². The second-order valence-electron chi connectivity index (χ2n) is 3.28. The van der Waals surface area contributed by atoms with E-state index in [1.807, 2.05) is 0 Å². The molecule has 0 spiro atoms. The first-order chi connectivity index (χ1) is 8.72. The monoisotopic (exact) mass is 279 g/mol. The molecule has 3 rings (SSSR count). The molecule has 0 amide bonds. The quantitative estimate of drug-likeness (QED) is 0.751. The number of rotatable bonds is 3. The van der Waals surface area contributed by atoms with Crippen molar-refractivity contribution in [1.82, 2.24) is 25.6 Å². The molecule has 2 heterocycles. The Bertz CT molecular complexity index is 709. The molecule has 2 aromatic heterocycles. The first-order valence-electron chi connectivity index (χ1n) is 4.78. The van der Waals surface area contributed by atoms with Crippen molar-refractivity contribution in [3.05, 3.63) is 23.8 Å². The maximum absolute atomic E-state index is 10.9. The molecule has 0 aliphatic carbocycles. The number of carboxylic acids is 1. The number of aromatic nitrogens is 5. The molecule has 0 aliphatic rings. The summed E-state index contributed by atoms with van der Waals surface area (Å²) in [6.07, 6.45) is 0. The molecule has 0 fully saturated rings. The number of benzene rings is 1. The van der Waals surface area contributed by atoms with Gasteiger partial charge in [0.05, 0.1) is 15.8 Å². The number of carbonyl (C=O) groups is 1. The van der Waals surface area contributed by atoms with Crippen LogP contribution in [-0.4, -0.2) is 36.7 Å². The average molecular weight is 279 g/mol. The number of tetrazole rings is 1. The van der Waals surface area contributed by atoms with Crippen molar-refractivity contribution in [2.24, 2.45) is 0 Å².